The summed E-state index contributed by atoms with van der Waals surface area (Å²) in [4.78, 5) is 0. The number of hydrogen-bond acceptors (Lipinski definition) is 8. The SMILES string of the molecule is N/C(=N\O)c1nonc1OCCn1cnnc1. The molecule has 0 aliphatic carbocycles. The molecule has 90 valence electrons. The quantitative estimate of drug-likeness (QED) is 0.288. The summed E-state index contributed by atoms with van der Waals surface area (Å²) in [5.41, 5.74) is 5.39. The molecule has 0 radical (unpaired) electrons. The van der Waals surface area contributed by atoms with E-state index in [-0.39, 0.29) is 24.0 Å². The highest BCUT2D eigenvalue weighted by Gasteiger charge is 2.15. The minimum Gasteiger partial charge on any atom is -0.472 e. The van der Waals surface area contributed by atoms with Gasteiger partial charge in [0, 0.05) is 0 Å². The molecule has 0 fully saturated rings. The Labute approximate surface area is 94.6 Å². The Hall–Kier alpha value is -2.65. The van der Waals surface area contributed by atoms with Gasteiger partial charge in [0.2, 0.25) is 5.69 Å². The third-order valence-corrected chi connectivity index (χ3v) is 1.86. The van der Waals surface area contributed by atoms with Gasteiger partial charge in [0.1, 0.15) is 19.3 Å². The van der Waals surface area contributed by atoms with Crippen LogP contribution in [0.2, 0.25) is 0 Å². The molecule has 0 bridgehead atoms. The van der Waals surface area contributed by atoms with Gasteiger partial charge in [0.05, 0.1) is 6.54 Å². The lowest BCUT2D eigenvalue weighted by molar-refractivity contribution is 0.247. The molecule has 17 heavy (non-hydrogen) atoms. The summed E-state index contributed by atoms with van der Waals surface area (Å²) < 4.78 is 11.4. The van der Waals surface area contributed by atoms with Crippen molar-refractivity contribution in [3.8, 4) is 5.88 Å². The number of hydrogen-bond donors (Lipinski definition) is 2. The Kier molecular flexibility index (Phi) is 3.14. The average Bonchev–Trinajstić information content (AvgIpc) is 2.99. The summed E-state index contributed by atoms with van der Waals surface area (Å²) in [5, 5.41) is 25.5. The highest BCUT2D eigenvalue weighted by Crippen LogP contribution is 2.11. The van der Waals surface area contributed by atoms with E-state index in [0.717, 1.165) is 0 Å². The fourth-order valence-electron chi connectivity index (χ4n) is 1.06. The number of oxime groups is 1. The van der Waals surface area contributed by atoms with Crippen LogP contribution in [0.4, 0.5) is 0 Å². The van der Waals surface area contributed by atoms with Crippen LogP contribution in [0, 0.1) is 0 Å². The summed E-state index contributed by atoms with van der Waals surface area (Å²) in [6.45, 7) is 0.813. The molecule has 0 spiro atoms. The van der Waals surface area contributed by atoms with E-state index < -0.39 is 0 Å². The summed E-state index contributed by atoms with van der Waals surface area (Å²) >= 11 is 0. The van der Waals surface area contributed by atoms with Crippen molar-refractivity contribution < 1.29 is 14.6 Å². The van der Waals surface area contributed by atoms with E-state index in [0.29, 0.717) is 6.54 Å². The number of nitrogens with two attached hydrogens (primary N) is 1. The van der Waals surface area contributed by atoms with E-state index in [2.05, 4.69) is 30.3 Å². The van der Waals surface area contributed by atoms with Crippen LogP contribution in [-0.2, 0) is 6.54 Å². The Morgan fingerprint density at radius 3 is 2.94 bits per heavy atom. The summed E-state index contributed by atoms with van der Waals surface area (Å²) in [5.74, 6) is -0.168. The molecule has 10 heteroatoms. The molecule has 0 aromatic carbocycles. The number of rotatable bonds is 5. The van der Waals surface area contributed by atoms with Crippen LogP contribution in [0.15, 0.2) is 22.4 Å². The number of aromatic nitrogens is 5. The number of nitrogens with zero attached hydrogens (tertiary/aromatic N) is 6. The molecule has 0 aliphatic rings. The summed E-state index contributed by atoms with van der Waals surface area (Å²) in [6.07, 6.45) is 3.10. The van der Waals surface area contributed by atoms with E-state index in [1.807, 2.05) is 0 Å². The van der Waals surface area contributed by atoms with Crippen LogP contribution in [0.5, 0.6) is 5.88 Å². The van der Waals surface area contributed by atoms with Gasteiger partial charge >= 0.3 is 0 Å². The predicted octanol–water partition coefficient (Wildman–Crippen LogP) is -1.17. The number of amidine groups is 1. The normalized spacial score (nSPS) is 11.6. The van der Waals surface area contributed by atoms with Crippen LogP contribution in [0.1, 0.15) is 5.69 Å². The zero-order chi connectivity index (χ0) is 12.1. The van der Waals surface area contributed by atoms with Gasteiger partial charge in [0.25, 0.3) is 5.88 Å². The van der Waals surface area contributed by atoms with Crippen molar-refractivity contribution in [1.29, 1.82) is 0 Å². The van der Waals surface area contributed by atoms with Crippen LogP contribution in [0.3, 0.4) is 0 Å². The van der Waals surface area contributed by atoms with Crippen molar-refractivity contribution in [1.82, 2.24) is 25.1 Å². The number of ether oxygens (including phenoxy) is 1. The second-order valence-electron chi connectivity index (χ2n) is 2.95. The highest BCUT2D eigenvalue weighted by molar-refractivity contribution is 5.96. The van der Waals surface area contributed by atoms with E-state index in [4.69, 9.17) is 15.7 Å². The minimum absolute atomic E-state index is 0.0521. The Morgan fingerprint density at radius 1 is 1.47 bits per heavy atom. The van der Waals surface area contributed by atoms with Crippen molar-refractivity contribution in [3.05, 3.63) is 18.3 Å². The van der Waals surface area contributed by atoms with Gasteiger partial charge in [-0.1, -0.05) is 5.16 Å². The first kappa shape index (κ1) is 10.9. The molecule has 0 saturated carbocycles. The minimum atomic E-state index is -0.231. The van der Waals surface area contributed by atoms with Gasteiger partial charge < -0.3 is 20.2 Å². The largest absolute Gasteiger partial charge is 0.472 e. The van der Waals surface area contributed by atoms with Crippen molar-refractivity contribution >= 4 is 5.84 Å². The van der Waals surface area contributed by atoms with Crippen molar-refractivity contribution in [2.45, 2.75) is 6.54 Å². The lowest BCUT2D eigenvalue weighted by atomic mass is 10.4. The Morgan fingerprint density at radius 2 is 2.24 bits per heavy atom. The van der Waals surface area contributed by atoms with Gasteiger partial charge in [0.15, 0.2) is 5.84 Å². The summed E-state index contributed by atoms with van der Waals surface area (Å²) in [6, 6.07) is 0. The maximum Gasteiger partial charge on any atom is 0.287 e. The molecule has 10 nitrogen and oxygen atoms in total. The molecule has 2 aromatic heterocycles. The fraction of sp³-hybridized carbons (Fsp3) is 0.286. The first-order valence-corrected chi connectivity index (χ1v) is 4.57. The van der Waals surface area contributed by atoms with Crippen molar-refractivity contribution in [2.75, 3.05) is 6.61 Å². The molecule has 2 aromatic rings. The smallest absolute Gasteiger partial charge is 0.287 e. The third kappa shape index (κ3) is 2.48. The molecule has 0 amide bonds. The van der Waals surface area contributed by atoms with Crippen LogP contribution >= 0.6 is 0 Å². The molecular formula is C7H9N7O3. The van der Waals surface area contributed by atoms with Crippen LogP contribution in [-0.4, -0.2) is 42.7 Å². The second kappa shape index (κ2) is 4.92. The van der Waals surface area contributed by atoms with E-state index in [9.17, 15) is 0 Å². The molecule has 3 N–H and O–H groups in total. The molecule has 0 aliphatic heterocycles. The van der Waals surface area contributed by atoms with E-state index >= 15 is 0 Å². The maximum atomic E-state index is 8.48. The van der Waals surface area contributed by atoms with Crippen molar-refractivity contribution in [2.24, 2.45) is 10.9 Å². The van der Waals surface area contributed by atoms with Crippen LogP contribution in [0.25, 0.3) is 0 Å². The zero-order valence-corrected chi connectivity index (χ0v) is 8.59. The van der Waals surface area contributed by atoms with E-state index in [1.165, 1.54) is 0 Å². The monoisotopic (exact) mass is 239 g/mol. The predicted molar refractivity (Wildman–Crippen MR) is 52.3 cm³/mol. The average molecular weight is 239 g/mol. The second-order valence-corrected chi connectivity index (χ2v) is 2.95. The first-order valence-electron chi connectivity index (χ1n) is 4.57. The standard InChI is InChI=1S/C7H9N7O3/c8-6(11-15)5-7(13-17-12-5)16-2-1-14-3-9-10-4-14/h3-4,15H,1-2H2,(H2,8,11). The topological polar surface area (TPSA) is 137 Å². The molecule has 0 unspecified atom stereocenters. The highest BCUT2D eigenvalue weighted by atomic mass is 16.6. The molecule has 0 atom stereocenters. The first-order chi connectivity index (χ1) is 8.31. The van der Waals surface area contributed by atoms with Crippen LogP contribution < -0.4 is 10.5 Å². The molecule has 2 heterocycles. The third-order valence-electron chi connectivity index (χ3n) is 1.86. The van der Waals surface area contributed by atoms with Gasteiger partial charge in [-0.05, 0) is 10.3 Å². The molecule has 0 saturated heterocycles. The maximum absolute atomic E-state index is 8.48. The van der Waals surface area contributed by atoms with Gasteiger partial charge in [-0.15, -0.1) is 10.2 Å². The Balaban J connectivity index is 1.93. The molecular weight excluding hydrogens is 230 g/mol. The zero-order valence-electron chi connectivity index (χ0n) is 8.59. The van der Waals surface area contributed by atoms with Crippen molar-refractivity contribution in [3.63, 3.8) is 0 Å². The van der Waals surface area contributed by atoms with Gasteiger partial charge in [-0.2, -0.15) is 0 Å². The molecule has 2 rings (SSSR count). The van der Waals surface area contributed by atoms with Gasteiger partial charge in [-0.25, -0.2) is 4.63 Å². The Bertz CT molecular complexity index is 491. The fourth-order valence-corrected chi connectivity index (χ4v) is 1.06. The summed E-state index contributed by atoms with van der Waals surface area (Å²) in [7, 11) is 0. The lowest BCUT2D eigenvalue weighted by Crippen LogP contribution is -2.16. The lowest BCUT2D eigenvalue weighted by Gasteiger charge is -2.02. The van der Waals surface area contributed by atoms with E-state index in [1.54, 1.807) is 17.2 Å². The van der Waals surface area contributed by atoms with Gasteiger partial charge in [-0.3, -0.25) is 0 Å².